The Bertz CT molecular complexity index is 246. The molecule has 0 amide bonds. The molecule has 0 bridgehead atoms. The zero-order valence-electron chi connectivity index (χ0n) is 11.8. The highest BCUT2D eigenvalue weighted by molar-refractivity contribution is 6.65. The Labute approximate surface area is 103 Å². The van der Waals surface area contributed by atoms with E-state index >= 15 is 0 Å². The molecule has 1 aliphatic rings. The van der Waals surface area contributed by atoms with Gasteiger partial charge in [0.15, 0.2) is 0 Å². The number of hydrogen-bond acceptors (Lipinski definition) is 2. The molecular formula is C13H25N2Si. The number of rotatable bonds is 2. The Balaban J connectivity index is 2.70. The van der Waals surface area contributed by atoms with Crippen LogP contribution in [0.25, 0.3) is 0 Å². The molecule has 0 N–H and O–H groups in total. The zero-order chi connectivity index (χ0) is 12.6. The second-order valence-corrected chi connectivity index (χ2v) is 10.9. The summed E-state index contributed by atoms with van der Waals surface area (Å²) in [6.07, 6.45) is 5.32. The Morgan fingerprint density at radius 3 is 1.81 bits per heavy atom. The van der Waals surface area contributed by atoms with E-state index in [0.717, 1.165) is 6.17 Å². The maximum atomic E-state index is 3.31. The molecule has 0 aliphatic carbocycles. The topological polar surface area (TPSA) is 6.48 Å². The summed E-state index contributed by atoms with van der Waals surface area (Å²) in [4.78, 5) is 4.20. The summed E-state index contributed by atoms with van der Waals surface area (Å²) in [6, 6.07) is 0. The van der Waals surface area contributed by atoms with Crippen molar-refractivity contribution in [1.29, 1.82) is 0 Å². The van der Waals surface area contributed by atoms with Crippen molar-refractivity contribution in [3.8, 4) is 0 Å². The van der Waals surface area contributed by atoms with Gasteiger partial charge in [-0.25, -0.2) is 0 Å². The summed E-state index contributed by atoms with van der Waals surface area (Å²) in [5, 5.41) is 0.833. The lowest BCUT2D eigenvalue weighted by Crippen LogP contribution is -2.43. The van der Waals surface area contributed by atoms with E-state index in [1.807, 2.05) is 11.9 Å². The molecule has 0 spiro atoms. The normalized spacial score (nSPS) is 17.8. The third-order valence-electron chi connectivity index (χ3n) is 2.90. The minimum atomic E-state index is -0.496. The van der Waals surface area contributed by atoms with Crippen LogP contribution in [0.1, 0.15) is 41.5 Å². The van der Waals surface area contributed by atoms with Gasteiger partial charge in [0.05, 0.1) is 8.80 Å². The first-order valence-electron chi connectivity index (χ1n) is 5.91. The lowest BCUT2D eigenvalue weighted by molar-refractivity contribution is 0.408. The molecule has 2 nitrogen and oxygen atoms in total. The van der Waals surface area contributed by atoms with Gasteiger partial charge in [-0.1, -0.05) is 41.5 Å². The summed E-state index contributed by atoms with van der Waals surface area (Å²) < 4.78 is 0. The molecule has 0 saturated carbocycles. The first-order chi connectivity index (χ1) is 7.10. The molecule has 0 aromatic heterocycles. The second-order valence-electron chi connectivity index (χ2n) is 6.62. The molecule has 0 aromatic rings. The van der Waals surface area contributed by atoms with E-state index in [9.17, 15) is 0 Å². The van der Waals surface area contributed by atoms with Gasteiger partial charge in [-0.3, -0.25) is 0 Å². The second kappa shape index (κ2) is 4.44. The molecule has 91 valence electrons. The highest BCUT2D eigenvalue weighted by Crippen LogP contribution is 2.42. The Morgan fingerprint density at radius 1 is 1.00 bits per heavy atom. The van der Waals surface area contributed by atoms with Crippen molar-refractivity contribution in [2.45, 2.75) is 51.6 Å². The molecule has 0 aromatic carbocycles. The Morgan fingerprint density at radius 2 is 1.50 bits per heavy atom. The van der Waals surface area contributed by atoms with Crippen LogP contribution in [0.4, 0.5) is 0 Å². The van der Waals surface area contributed by atoms with Gasteiger partial charge in [-0.2, -0.15) is 0 Å². The van der Waals surface area contributed by atoms with Gasteiger partial charge in [0.2, 0.25) is 6.67 Å². The van der Waals surface area contributed by atoms with Crippen molar-refractivity contribution in [2.24, 2.45) is 0 Å². The zero-order valence-corrected chi connectivity index (χ0v) is 12.8. The van der Waals surface area contributed by atoms with E-state index in [-0.39, 0.29) is 0 Å². The smallest absolute Gasteiger partial charge is 0.207 e. The van der Waals surface area contributed by atoms with Crippen LogP contribution in [0.2, 0.25) is 10.1 Å². The van der Waals surface area contributed by atoms with Crippen LogP contribution < -0.4 is 0 Å². The van der Waals surface area contributed by atoms with Gasteiger partial charge in [0.25, 0.3) is 0 Å². The summed E-state index contributed by atoms with van der Waals surface area (Å²) >= 11 is 0. The molecule has 0 atom stereocenters. The van der Waals surface area contributed by atoms with Crippen molar-refractivity contribution in [2.75, 3.05) is 13.2 Å². The fourth-order valence-corrected chi connectivity index (χ4v) is 6.02. The minimum absolute atomic E-state index is 0.416. The van der Waals surface area contributed by atoms with Gasteiger partial charge in [-0.15, -0.1) is 0 Å². The standard InChI is InChI=1S/C13H25N2Si/c1-12(2,3)16(13(4,5)6)11-15-9-8-14(7)10-15/h8-9H,11H2,1-7H3. The third-order valence-corrected chi connectivity index (χ3v) is 7.17. The van der Waals surface area contributed by atoms with E-state index in [2.05, 4.69) is 65.5 Å². The van der Waals surface area contributed by atoms with E-state index in [0.29, 0.717) is 10.1 Å². The molecule has 0 fully saturated rings. The fourth-order valence-electron chi connectivity index (χ4n) is 2.31. The average molecular weight is 237 g/mol. The molecule has 3 radical (unpaired) electrons. The molecule has 16 heavy (non-hydrogen) atoms. The van der Waals surface area contributed by atoms with Crippen LogP contribution in [0, 0.1) is 6.67 Å². The van der Waals surface area contributed by atoms with Gasteiger partial charge in [0.1, 0.15) is 0 Å². The quantitative estimate of drug-likeness (QED) is 0.680. The highest BCUT2D eigenvalue weighted by atomic mass is 28.3. The summed E-state index contributed by atoms with van der Waals surface area (Å²) in [6.45, 7) is 17.5. The predicted octanol–water partition coefficient (Wildman–Crippen LogP) is 3.34. The molecule has 1 aliphatic heterocycles. The van der Waals surface area contributed by atoms with Crippen LogP contribution in [0.3, 0.4) is 0 Å². The minimum Gasteiger partial charge on any atom is -0.349 e. The third kappa shape index (κ3) is 3.54. The van der Waals surface area contributed by atoms with Crippen molar-refractivity contribution in [3.63, 3.8) is 0 Å². The van der Waals surface area contributed by atoms with Crippen molar-refractivity contribution < 1.29 is 0 Å². The highest BCUT2D eigenvalue weighted by Gasteiger charge is 2.38. The number of hydrogen-bond donors (Lipinski definition) is 0. The van der Waals surface area contributed by atoms with Gasteiger partial charge in [0, 0.05) is 25.6 Å². The van der Waals surface area contributed by atoms with Gasteiger partial charge < -0.3 is 9.80 Å². The lowest BCUT2D eigenvalue weighted by Gasteiger charge is -2.41. The monoisotopic (exact) mass is 237 g/mol. The van der Waals surface area contributed by atoms with E-state index in [1.165, 1.54) is 0 Å². The van der Waals surface area contributed by atoms with Crippen LogP contribution >= 0.6 is 0 Å². The maximum absolute atomic E-state index is 3.31. The molecule has 0 saturated heterocycles. The van der Waals surface area contributed by atoms with E-state index in [4.69, 9.17) is 0 Å². The van der Waals surface area contributed by atoms with Crippen LogP contribution in [-0.2, 0) is 0 Å². The fraction of sp³-hybridized carbons (Fsp3) is 0.769. The van der Waals surface area contributed by atoms with Crippen molar-refractivity contribution in [1.82, 2.24) is 9.80 Å². The maximum Gasteiger partial charge on any atom is 0.207 e. The molecule has 1 heterocycles. The first kappa shape index (κ1) is 13.6. The summed E-state index contributed by atoms with van der Waals surface area (Å²) in [5.74, 6) is 0. The van der Waals surface area contributed by atoms with Crippen LogP contribution in [-0.4, -0.2) is 31.8 Å². The Kier molecular flexibility index (Phi) is 3.78. The molecule has 3 heteroatoms. The van der Waals surface area contributed by atoms with E-state index < -0.39 is 8.80 Å². The van der Waals surface area contributed by atoms with Crippen molar-refractivity contribution >= 4 is 8.80 Å². The van der Waals surface area contributed by atoms with Crippen LogP contribution in [0.15, 0.2) is 12.4 Å². The van der Waals surface area contributed by atoms with Crippen molar-refractivity contribution in [3.05, 3.63) is 19.1 Å². The van der Waals surface area contributed by atoms with Crippen LogP contribution in [0.5, 0.6) is 0 Å². The molecule has 1 rings (SSSR count). The largest absolute Gasteiger partial charge is 0.349 e. The van der Waals surface area contributed by atoms with E-state index in [1.54, 1.807) is 0 Å². The lowest BCUT2D eigenvalue weighted by atomic mass is 10.2. The van der Waals surface area contributed by atoms with Gasteiger partial charge >= 0.3 is 0 Å². The van der Waals surface area contributed by atoms with Gasteiger partial charge in [-0.05, 0) is 10.1 Å². The number of nitrogens with zero attached hydrogens (tertiary/aromatic N) is 2. The molecular weight excluding hydrogens is 212 g/mol. The Hall–Kier alpha value is -0.443. The SMILES string of the molecule is CN1[C]N(C[Si](C(C)(C)C)C(C)(C)C)C=C1. The summed E-state index contributed by atoms with van der Waals surface area (Å²) in [5.41, 5.74) is 0. The predicted molar refractivity (Wildman–Crippen MR) is 72.0 cm³/mol. The summed E-state index contributed by atoms with van der Waals surface area (Å²) in [7, 11) is 1.53. The average Bonchev–Trinajstić information content (AvgIpc) is 2.43. The molecule has 0 unspecified atom stereocenters. The first-order valence-corrected chi connectivity index (χ1v) is 7.62.